The van der Waals surface area contributed by atoms with Gasteiger partial charge in [-0.2, -0.15) is 0 Å². The number of hydrogen-bond donors (Lipinski definition) is 3. The maximum atomic E-state index is 8.31. The van der Waals surface area contributed by atoms with Gasteiger partial charge in [0.05, 0.1) is 44.6 Å². The molecule has 0 aliphatic rings. The Kier molecular flexibility index (Phi) is 15.9. The average molecular weight is 927 g/mol. The molecule has 16 heteroatoms. The van der Waals surface area contributed by atoms with E-state index in [1.165, 1.54) is 41.0 Å². The fraction of sp³-hybridized carbons (Fsp3) is 0.320. The fourth-order valence-electron chi connectivity index (χ4n) is 7.86. The minimum atomic E-state index is 0.179. The third-order valence-corrected chi connectivity index (χ3v) is 14.0. The molecule has 66 heavy (non-hydrogen) atoms. The highest BCUT2D eigenvalue weighted by Crippen LogP contribution is 2.41. The number of imidazole rings is 2. The third-order valence-electron chi connectivity index (χ3n) is 12.1. The summed E-state index contributed by atoms with van der Waals surface area (Å²) in [6, 6.07) is 32.6. The van der Waals surface area contributed by atoms with Crippen molar-refractivity contribution in [3.63, 3.8) is 0 Å². The van der Waals surface area contributed by atoms with Gasteiger partial charge in [0.2, 0.25) is 0 Å². The van der Waals surface area contributed by atoms with E-state index < -0.39 is 0 Å². The molecule has 0 saturated heterocycles. The maximum Gasteiger partial charge on any atom is 0.175 e. The number of aromatic amines is 1. The fourth-order valence-corrected chi connectivity index (χ4v) is 9.81. The molecule has 0 amide bonds. The molecule has 4 N–H and O–H groups in total. The van der Waals surface area contributed by atoms with Gasteiger partial charge < -0.3 is 38.8 Å². The molecule has 4 aromatic heterocycles. The van der Waals surface area contributed by atoms with E-state index >= 15 is 0 Å². The molecule has 4 atom stereocenters. The summed E-state index contributed by atoms with van der Waals surface area (Å²) in [7, 11) is 6.59. The maximum absolute atomic E-state index is 8.31. The van der Waals surface area contributed by atoms with Crippen LogP contribution in [0.2, 0.25) is 0 Å². The minimum absolute atomic E-state index is 0.179. The number of nitrogens with zero attached hydrogens (tertiary/aromatic N) is 7. The second kappa shape index (κ2) is 22.1. The number of fused-ring (bicyclic) bond motifs is 2. The van der Waals surface area contributed by atoms with Gasteiger partial charge in [0.25, 0.3) is 0 Å². The molecule has 0 fully saturated rings. The number of nitrogen functional groups attached to an aromatic ring is 1. The first-order chi connectivity index (χ1) is 32.1. The molecule has 0 radical (unpaired) electrons. The molecule has 4 aromatic carbocycles. The lowest BCUT2D eigenvalue weighted by molar-refractivity contribution is 0.389. The summed E-state index contributed by atoms with van der Waals surface area (Å²) in [5, 5.41) is 9.77. The van der Waals surface area contributed by atoms with Crippen LogP contribution in [0.4, 0.5) is 5.82 Å². The summed E-state index contributed by atoms with van der Waals surface area (Å²) in [6.45, 7) is 10.5. The van der Waals surface area contributed by atoms with Crippen molar-refractivity contribution in [3.8, 4) is 23.0 Å². The Morgan fingerprint density at radius 2 is 1.23 bits per heavy atom. The third kappa shape index (κ3) is 10.8. The Balaban J connectivity index is 0.000000196. The van der Waals surface area contributed by atoms with Crippen LogP contribution in [0.3, 0.4) is 0 Å². The monoisotopic (exact) mass is 926 g/mol. The SMILES string of the molecule is CCC(C)C(Cn1c(Sc2cc(OC)ccc2OC)nc2c(N)ncnc21)c1ccccc1.CCC(C)C(Cn1cnc(=N)c2[nH]c(Sc3cc(OC)ccc3OC)nc21)c1ccccc1. The highest BCUT2D eigenvalue weighted by Gasteiger charge is 2.25. The standard InChI is InChI=1S/2C25H29N5O2S/c1-5-16(2)19(17-9-7-6-8-10-17)14-30-15-27-23(26)22-24(30)29-25(28-22)33-21-13-18(31-3)11-12-20(21)32-4;1-5-16(2)19(17-9-7-6-8-10-17)14-30-24-22(23(26)27-15-28-24)29-25(30)33-21-13-18(31-3)11-12-20(21)32-4/h6-13,15-16,19,26H,5,14H2,1-4H3,(H,28,29);6-13,15-16,19H,5,14H2,1-4H3,(H2,26,27,28). The Morgan fingerprint density at radius 3 is 1.77 bits per heavy atom. The summed E-state index contributed by atoms with van der Waals surface area (Å²) >= 11 is 2.95. The molecule has 0 spiro atoms. The van der Waals surface area contributed by atoms with E-state index in [1.54, 1.807) is 34.8 Å². The van der Waals surface area contributed by atoms with Crippen LogP contribution in [-0.4, -0.2) is 67.5 Å². The zero-order valence-corrected chi connectivity index (χ0v) is 40.3. The van der Waals surface area contributed by atoms with Crippen molar-refractivity contribution in [1.29, 1.82) is 5.41 Å². The molecular weight excluding hydrogens is 869 g/mol. The normalized spacial score (nSPS) is 13.1. The van der Waals surface area contributed by atoms with Crippen LogP contribution in [0, 0.1) is 17.2 Å². The Labute approximate surface area is 394 Å². The minimum Gasteiger partial charge on any atom is -0.497 e. The first kappa shape index (κ1) is 47.4. The summed E-state index contributed by atoms with van der Waals surface area (Å²) in [6.07, 6.45) is 5.36. The van der Waals surface area contributed by atoms with Gasteiger partial charge >= 0.3 is 0 Å². The number of benzene rings is 4. The van der Waals surface area contributed by atoms with E-state index in [2.05, 4.69) is 105 Å². The lowest BCUT2D eigenvalue weighted by Crippen LogP contribution is -2.20. The van der Waals surface area contributed by atoms with Gasteiger partial charge in [0.15, 0.2) is 38.4 Å². The van der Waals surface area contributed by atoms with Gasteiger partial charge in [0, 0.05) is 24.9 Å². The first-order valence-electron chi connectivity index (χ1n) is 21.9. The van der Waals surface area contributed by atoms with Crippen LogP contribution >= 0.6 is 23.5 Å². The van der Waals surface area contributed by atoms with Gasteiger partial charge in [-0.05, 0) is 82.9 Å². The summed E-state index contributed by atoms with van der Waals surface area (Å²) in [5.74, 6) is 4.91. The topological polar surface area (TPSA) is 177 Å². The predicted molar refractivity (Wildman–Crippen MR) is 262 cm³/mol. The van der Waals surface area contributed by atoms with Crippen molar-refractivity contribution >= 4 is 51.7 Å². The lowest BCUT2D eigenvalue weighted by atomic mass is 9.85. The Morgan fingerprint density at radius 1 is 0.667 bits per heavy atom. The second-order valence-electron chi connectivity index (χ2n) is 16.0. The zero-order chi connectivity index (χ0) is 46.7. The number of rotatable bonds is 18. The van der Waals surface area contributed by atoms with E-state index in [0.717, 1.165) is 75.2 Å². The highest BCUT2D eigenvalue weighted by atomic mass is 32.2. The van der Waals surface area contributed by atoms with Crippen LogP contribution < -0.4 is 30.2 Å². The van der Waals surface area contributed by atoms with Crippen molar-refractivity contribution in [3.05, 3.63) is 126 Å². The van der Waals surface area contributed by atoms with E-state index in [4.69, 9.17) is 40.1 Å². The molecule has 344 valence electrons. The number of H-pyrrole nitrogens is 1. The van der Waals surface area contributed by atoms with Crippen molar-refractivity contribution in [2.24, 2.45) is 11.8 Å². The van der Waals surface area contributed by atoms with Crippen LogP contribution in [0.1, 0.15) is 63.5 Å². The molecule has 14 nitrogen and oxygen atoms in total. The quantitative estimate of drug-likeness (QED) is 0.0743. The number of methoxy groups -OCH3 is 4. The first-order valence-corrected chi connectivity index (χ1v) is 23.6. The lowest BCUT2D eigenvalue weighted by Gasteiger charge is -2.25. The molecule has 0 aliphatic carbocycles. The molecule has 8 aromatic rings. The predicted octanol–water partition coefficient (Wildman–Crippen LogP) is 10.6. The van der Waals surface area contributed by atoms with Crippen LogP contribution in [-0.2, 0) is 13.1 Å². The molecule has 0 saturated carbocycles. The van der Waals surface area contributed by atoms with E-state index in [-0.39, 0.29) is 11.4 Å². The van der Waals surface area contributed by atoms with E-state index in [0.29, 0.717) is 39.8 Å². The average Bonchev–Trinajstić information content (AvgIpc) is 3.95. The van der Waals surface area contributed by atoms with Gasteiger partial charge in [0.1, 0.15) is 34.8 Å². The Hall–Kier alpha value is -6.52. The van der Waals surface area contributed by atoms with Crippen molar-refractivity contribution in [2.75, 3.05) is 34.2 Å². The van der Waals surface area contributed by atoms with Gasteiger partial charge in [-0.1, -0.05) is 101 Å². The van der Waals surface area contributed by atoms with Gasteiger partial charge in [-0.25, -0.2) is 24.9 Å². The largest absolute Gasteiger partial charge is 0.497 e. The van der Waals surface area contributed by atoms with E-state index in [1.807, 2.05) is 48.5 Å². The number of hydrogen-bond acceptors (Lipinski definition) is 13. The zero-order valence-electron chi connectivity index (χ0n) is 38.7. The number of anilines is 1. The summed E-state index contributed by atoms with van der Waals surface area (Å²) in [5.41, 5.74) is 11.6. The number of nitrogens with one attached hydrogen (secondary N) is 2. The van der Waals surface area contributed by atoms with Crippen LogP contribution in [0.5, 0.6) is 23.0 Å². The van der Waals surface area contributed by atoms with Gasteiger partial charge in [-0.15, -0.1) is 0 Å². The molecule has 0 aliphatic heterocycles. The smallest absolute Gasteiger partial charge is 0.175 e. The molecule has 0 bridgehead atoms. The number of nitrogens with two attached hydrogens (primary N) is 1. The van der Waals surface area contributed by atoms with E-state index in [9.17, 15) is 0 Å². The van der Waals surface area contributed by atoms with Gasteiger partial charge in [-0.3, -0.25) is 5.41 Å². The van der Waals surface area contributed by atoms with Crippen molar-refractivity contribution in [1.82, 2.24) is 39.0 Å². The van der Waals surface area contributed by atoms with Crippen molar-refractivity contribution in [2.45, 2.75) is 85.6 Å². The summed E-state index contributed by atoms with van der Waals surface area (Å²) < 4.78 is 26.1. The van der Waals surface area contributed by atoms with Crippen molar-refractivity contribution < 1.29 is 18.9 Å². The van der Waals surface area contributed by atoms with Crippen LogP contribution in [0.25, 0.3) is 22.3 Å². The van der Waals surface area contributed by atoms with Crippen LogP contribution in [0.15, 0.2) is 130 Å². The molecular formula is C50H58N10O4S2. The number of ether oxygens (including phenoxy) is 4. The summed E-state index contributed by atoms with van der Waals surface area (Å²) in [4.78, 5) is 27.8. The Bertz CT molecular complexity index is 2910. The molecule has 8 rings (SSSR count). The second-order valence-corrected chi connectivity index (χ2v) is 18.0. The highest BCUT2D eigenvalue weighted by molar-refractivity contribution is 7.99. The number of aromatic nitrogens is 8. The molecule has 4 unspecified atom stereocenters. The molecule has 4 heterocycles.